The van der Waals surface area contributed by atoms with Crippen molar-refractivity contribution < 1.29 is 17.9 Å². The summed E-state index contributed by atoms with van der Waals surface area (Å²) in [6.45, 7) is 9.47. The topological polar surface area (TPSA) is 66.9 Å². The highest BCUT2D eigenvalue weighted by Crippen LogP contribution is 2.25. The van der Waals surface area contributed by atoms with Crippen LogP contribution in [0.2, 0.25) is 0 Å². The highest BCUT2D eigenvalue weighted by molar-refractivity contribution is 7.91. The summed E-state index contributed by atoms with van der Waals surface area (Å²) in [7, 11) is 0.911. The fourth-order valence-electron chi connectivity index (χ4n) is 3.91. The Morgan fingerprint density at radius 1 is 1.21 bits per heavy atom. The van der Waals surface area contributed by atoms with Gasteiger partial charge in [-0.3, -0.25) is 4.79 Å². The molecule has 1 aromatic carbocycles. The smallest absolute Gasteiger partial charge is 0.263 e. The van der Waals surface area contributed by atoms with Gasteiger partial charge in [0.1, 0.15) is 5.75 Å². The normalized spacial score (nSPS) is 19.5. The average molecular weight is 425 g/mol. The zero-order valence-corrected chi connectivity index (χ0v) is 19.5. The molecule has 1 aliphatic rings. The van der Waals surface area contributed by atoms with Gasteiger partial charge in [0.25, 0.3) is 5.91 Å². The highest BCUT2D eigenvalue weighted by Gasteiger charge is 2.36. The monoisotopic (exact) mass is 424 g/mol. The van der Waals surface area contributed by atoms with Crippen LogP contribution in [0.3, 0.4) is 0 Å². The quantitative estimate of drug-likeness (QED) is 0.610. The second kappa shape index (κ2) is 9.94. The Morgan fingerprint density at radius 2 is 1.90 bits per heavy atom. The summed E-state index contributed by atoms with van der Waals surface area (Å²) in [5.74, 6) is 1.16. The Morgan fingerprint density at radius 3 is 2.41 bits per heavy atom. The van der Waals surface area contributed by atoms with Crippen molar-refractivity contribution in [2.45, 2.75) is 58.6 Å². The minimum absolute atomic E-state index is 0.0512. The van der Waals surface area contributed by atoms with Crippen LogP contribution >= 0.6 is 0 Å². The second-order valence-electron chi connectivity index (χ2n) is 8.68. The van der Waals surface area contributed by atoms with Crippen LogP contribution in [0.4, 0.5) is 0 Å². The molecular weight excluding hydrogens is 388 g/mol. The third-order valence-electron chi connectivity index (χ3n) is 5.46. The first kappa shape index (κ1) is 23.7. The molecule has 1 heterocycles. The second-order valence-corrected chi connectivity index (χ2v) is 10.9. The maximum atomic E-state index is 13.2. The Kier molecular flexibility index (Phi) is 8.11. The summed E-state index contributed by atoms with van der Waals surface area (Å²) < 4.78 is 29.9. The molecule has 2 rings (SSSR count). The fraction of sp³-hybridized carbons (Fsp3) is 0.682. The summed E-state index contributed by atoms with van der Waals surface area (Å²) >= 11 is 0. The molecule has 6 nitrogen and oxygen atoms in total. The van der Waals surface area contributed by atoms with Crippen LogP contribution in [0.5, 0.6) is 5.75 Å². The van der Waals surface area contributed by atoms with Gasteiger partial charge in [-0.15, -0.1) is 0 Å². The molecule has 2 unspecified atom stereocenters. The molecule has 0 radical (unpaired) electrons. The zero-order chi connectivity index (χ0) is 21.8. The summed E-state index contributed by atoms with van der Waals surface area (Å²) in [6.07, 6.45) is 0.636. The molecule has 0 aromatic heterocycles. The minimum atomic E-state index is -3.06. The van der Waals surface area contributed by atoms with E-state index in [1.54, 1.807) is 11.8 Å². The van der Waals surface area contributed by atoms with Gasteiger partial charge >= 0.3 is 0 Å². The van der Waals surface area contributed by atoms with Crippen LogP contribution in [0.15, 0.2) is 18.2 Å². The molecular formula is C22H36N2O4S. The molecule has 0 saturated carbocycles. The van der Waals surface area contributed by atoms with Crippen molar-refractivity contribution >= 4 is 15.7 Å². The van der Waals surface area contributed by atoms with Gasteiger partial charge < -0.3 is 14.5 Å². The van der Waals surface area contributed by atoms with Gasteiger partial charge in [0, 0.05) is 12.6 Å². The first-order chi connectivity index (χ1) is 13.5. The number of rotatable bonds is 9. The van der Waals surface area contributed by atoms with Crippen molar-refractivity contribution in [3.05, 3.63) is 29.3 Å². The lowest BCUT2D eigenvalue weighted by Crippen LogP contribution is -2.48. The number of amides is 1. The van der Waals surface area contributed by atoms with E-state index in [2.05, 4.69) is 18.7 Å². The number of hydrogen-bond acceptors (Lipinski definition) is 5. The first-order valence-corrected chi connectivity index (χ1v) is 12.2. The highest BCUT2D eigenvalue weighted by atomic mass is 32.2. The first-order valence-electron chi connectivity index (χ1n) is 10.4. The summed E-state index contributed by atoms with van der Waals surface area (Å²) in [5, 5.41) is 0. The van der Waals surface area contributed by atoms with E-state index in [0.29, 0.717) is 24.6 Å². The minimum Gasteiger partial charge on any atom is -0.481 e. The van der Waals surface area contributed by atoms with Gasteiger partial charge in [0.15, 0.2) is 15.9 Å². The Balaban J connectivity index is 2.11. The molecule has 0 N–H and O–H groups in total. The van der Waals surface area contributed by atoms with Crippen molar-refractivity contribution in [2.24, 2.45) is 0 Å². The standard InChI is InChI=1S/C22H36N2O4S/c1-16(2)21-9-8-20(14-17(21)3)28-18(4)22(25)24(12-7-11-23(5)6)19-10-13-29(26,27)15-19/h8-9,14,16,18-19H,7,10-13,15H2,1-6H3. The summed E-state index contributed by atoms with van der Waals surface area (Å²) in [4.78, 5) is 17.0. The molecule has 0 aliphatic carbocycles. The van der Waals surface area contributed by atoms with E-state index >= 15 is 0 Å². The van der Waals surface area contributed by atoms with Crippen molar-refractivity contribution in [1.82, 2.24) is 9.80 Å². The van der Waals surface area contributed by atoms with Gasteiger partial charge in [-0.2, -0.15) is 0 Å². The number of hydrogen-bond donors (Lipinski definition) is 0. The Labute approximate surface area is 176 Å². The molecule has 1 aromatic rings. The molecule has 0 bridgehead atoms. The van der Waals surface area contributed by atoms with E-state index in [1.807, 2.05) is 39.2 Å². The lowest BCUT2D eigenvalue weighted by Gasteiger charge is -2.31. The predicted molar refractivity (Wildman–Crippen MR) is 117 cm³/mol. The van der Waals surface area contributed by atoms with Crippen LogP contribution < -0.4 is 4.74 Å². The number of carbonyl (C=O) groups is 1. The van der Waals surface area contributed by atoms with Crippen LogP contribution in [-0.4, -0.2) is 75.0 Å². The van der Waals surface area contributed by atoms with E-state index in [0.717, 1.165) is 18.5 Å². The number of aryl methyl sites for hydroxylation is 1. The lowest BCUT2D eigenvalue weighted by atomic mass is 9.98. The van der Waals surface area contributed by atoms with Gasteiger partial charge in [-0.05, 0) is 76.5 Å². The van der Waals surface area contributed by atoms with Crippen LogP contribution in [0.1, 0.15) is 50.7 Å². The maximum absolute atomic E-state index is 13.2. The van der Waals surface area contributed by atoms with E-state index in [9.17, 15) is 13.2 Å². The molecule has 1 aliphatic heterocycles. The number of benzene rings is 1. The van der Waals surface area contributed by atoms with Gasteiger partial charge in [-0.1, -0.05) is 19.9 Å². The van der Waals surface area contributed by atoms with Crippen molar-refractivity contribution in [3.8, 4) is 5.75 Å². The van der Waals surface area contributed by atoms with Crippen molar-refractivity contribution in [3.63, 3.8) is 0 Å². The van der Waals surface area contributed by atoms with Crippen LogP contribution in [-0.2, 0) is 14.6 Å². The molecule has 2 atom stereocenters. The van der Waals surface area contributed by atoms with Crippen molar-refractivity contribution in [1.29, 1.82) is 0 Å². The average Bonchev–Trinajstić information content (AvgIpc) is 2.97. The third kappa shape index (κ3) is 6.71. The van der Waals surface area contributed by atoms with Crippen molar-refractivity contribution in [2.75, 3.05) is 38.7 Å². The van der Waals surface area contributed by atoms with Crippen LogP contribution in [0.25, 0.3) is 0 Å². The molecule has 1 fully saturated rings. The van der Waals surface area contributed by atoms with E-state index in [4.69, 9.17) is 4.74 Å². The van der Waals surface area contributed by atoms with Gasteiger partial charge in [-0.25, -0.2) is 8.42 Å². The number of nitrogens with zero attached hydrogens (tertiary/aromatic N) is 2. The fourth-order valence-corrected chi connectivity index (χ4v) is 5.64. The Bertz CT molecular complexity index is 805. The molecule has 1 amide bonds. The van der Waals surface area contributed by atoms with E-state index in [-0.39, 0.29) is 23.5 Å². The number of ether oxygens (including phenoxy) is 1. The Hall–Kier alpha value is -1.60. The number of sulfone groups is 1. The van der Waals surface area contributed by atoms with Gasteiger partial charge in [0.05, 0.1) is 11.5 Å². The lowest BCUT2D eigenvalue weighted by molar-refractivity contribution is -0.140. The molecule has 164 valence electrons. The summed E-state index contributed by atoms with van der Waals surface area (Å²) in [5.41, 5.74) is 2.40. The van der Waals surface area contributed by atoms with Crippen LogP contribution in [0, 0.1) is 6.92 Å². The molecule has 0 spiro atoms. The molecule has 1 saturated heterocycles. The number of carbonyl (C=O) groups excluding carboxylic acids is 1. The largest absolute Gasteiger partial charge is 0.481 e. The predicted octanol–water partition coefficient (Wildman–Crippen LogP) is 2.85. The molecule has 7 heteroatoms. The SMILES string of the molecule is Cc1cc(OC(C)C(=O)N(CCCN(C)C)C2CCS(=O)(=O)C2)ccc1C(C)C. The zero-order valence-electron chi connectivity index (χ0n) is 18.6. The summed E-state index contributed by atoms with van der Waals surface area (Å²) in [6, 6.07) is 5.66. The third-order valence-corrected chi connectivity index (χ3v) is 7.21. The van der Waals surface area contributed by atoms with Gasteiger partial charge in [0.2, 0.25) is 0 Å². The van der Waals surface area contributed by atoms with E-state index in [1.165, 1.54) is 5.56 Å². The van der Waals surface area contributed by atoms with E-state index < -0.39 is 15.9 Å². The maximum Gasteiger partial charge on any atom is 0.263 e. The molecule has 29 heavy (non-hydrogen) atoms.